The molecule has 128 valence electrons. The van der Waals surface area contributed by atoms with E-state index >= 15 is 0 Å². The van der Waals surface area contributed by atoms with Gasteiger partial charge in [-0.3, -0.25) is 10.4 Å². The van der Waals surface area contributed by atoms with E-state index in [2.05, 4.69) is 21.2 Å². The summed E-state index contributed by atoms with van der Waals surface area (Å²) in [6.45, 7) is 4.50. The Morgan fingerprint density at radius 1 is 1.33 bits per heavy atom. The molecule has 2 aromatic rings. The fourth-order valence-electron chi connectivity index (χ4n) is 2.91. The molecule has 1 aliphatic heterocycles. The zero-order valence-electron chi connectivity index (χ0n) is 13.7. The minimum atomic E-state index is -0.208. The first-order valence-electron chi connectivity index (χ1n) is 8.23. The standard InChI is InChI=1S/C18H23FN4O/c1-13(24-17-3-2-8-20-12-17)9-21-10-15-11-22-23-18(15)14-4-6-16(19)7-5-14/h2-8,12-13,15,18,21-23H,9-11H2,1H3. The maximum absolute atomic E-state index is 13.1. The average Bonchev–Trinajstić information content (AvgIpc) is 3.05. The Kier molecular flexibility index (Phi) is 5.74. The topological polar surface area (TPSA) is 58.2 Å². The van der Waals surface area contributed by atoms with E-state index < -0.39 is 0 Å². The number of aromatic nitrogens is 1. The zero-order valence-corrected chi connectivity index (χ0v) is 13.7. The number of pyridine rings is 1. The average molecular weight is 330 g/mol. The van der Waals surface area contributed by atoms with E-state index in [9.17, 15) is 4.39 Å². The Morgan fingerprint density at radius 2 is 2.17 bits per heavy atom. The maximum Gasteiger partial charge on any atom is 0.138 e. The maximum atomic E-state index is 13.1. The van der Waals surface area contributed by atoms with Crippen LogP contribution in [0.5, 0.6) is 5.75 Å². The second kappa shape index (κ2) is 8.19. The molecule has 0 aliphatic carbocycles. The van der Waals surface area contributed by atoms with Gasteiger partial charge in [0, 0.05) is 31.7 Å². The normalized spacial score (nSPS) is 21.6. The number of hydrogen-bond acceptors (Lipinski definition) is 5. The van der Waals surface area contributed by atoms with Crippen molar-refractivity contribution in [2.24, 2.45) is 5.92 Å². The number of halogens is 1. The number of ether oxygens (including phenoxy) is 1. The molecule has 0 saturated carbocycles. The van der Waals surface area contributed by atoms with Crippen molar-refractivity contribution < 1.29 is 9.13 Å². The molecule has 1 aromatic carbocycles. The van der Waals surface area contributed by atoms with Crippen molar-refractivity contribution in [3.8, 4) is 5.75 Å². The number of hydrazine groups is 1. The van der Waals surface area contributed by atoms with Crippen LogP contribution in [0.4, 0.5) is 4.39 Å². The molecule has 1 saturated heterocycles. The fraction of sp³-hybridized carbons (Fsp3) is 0.389. The van der Waals surface area contributed by atoms with Gasteiger partial charge < -0.3 is 10.1 Å². The highest BCUT2D eigenvalue weighted by Gasteiger charge is 2.27. The molecular weight excluding hydrogens is 307 g/mol. The molecule has 24 heavy (non-hydrogen) atoms. The van der Waals surface area contributed by atoms with Gasteiger partial charge in [-0.15, -0.1) is 0 Å². The van der Waals surface area contributed by atoms with Crippen molar-refractivity contribution in [1.29, 1.82) is 0 Å². The van der Waals surface area contributed by atoms with Crippen molar-refractivity contribution in [2.75, 3.05) is 19.6 Å². The summed E-state index contributed by atoms with van der Waals surface area (Å²) in [6, 6.07) is 10.6. The van der Waals surface area contributed by atoms with Gasteiger partial charge in [0.15, 0.2) is 0 Å². The van der Waals surface area contributed by atoms with Crippen LogP contribution >= 0.6 is 0 Å². The Hall–Kier alpha value is -2.02. The molecule has 2 heterocycles. The summed E-state index contributed by atoms with van der Waals surface area (Å²) in [6.07, 6.45) is 3.50. The highest BCUT2D eigenvalue weighted by molar-refractivity contribution is 5.21. The summed E-state index contributed by atoms with van der Waals surface area (Å²) >= 11 is 0. The lowest BCUT2D eigenvalue weighted by Crippen LogP contribution is -2.34. The minimum absolute atomic E-state index is 0.0563. The lowest BCUT2D eigenvalue weighted by Gasteiger charge is -2.21. The van der Waals surface area contributed by atoms with E-state index in [0.29, 0.717) is 5.92 Å². The smallest absolute Gasteiger partial charge is 0.138 e. The van der Waals surface area contributed by atoms with Crippen molar-refractivity contribution in [3.63, 3.8) is 0 Å². The molecule has 1 aromatic heterocycles. The van der Waals surface area contributed by atoms with Gasteiger partial charge in [-0.05, 0) is 36.8 Å². The predicted molar refractivity (Wildman–Crippen MR) is 91.0 cm³/mol. The molecule has 1 fully saturated rings. The predicted octanol–water partition coefficient (Wildman–Crippen LogP) is 2.04. The third kappa shape index (κ3) is 4.50. The minimum Gasteiger partial charge on any atom is -0.488 e. The van der Waals surface area contributed by atoms with E-state index in [1.165, 1.54) is 12.1 Å². The van der Waals surface area contributed by atoms with Crippen LogP contribution in [-0.2, 0) is 0 Å². The third-order valence-electron chi connectivity index (χ3n) is 4.13. The van der Waals surface area contributed by atoms with Crippen LogP contribution in [-0.4, -0.2) is 30.7 Å². The molecule has 6 heteroatoms. The van der Waals surface area contributed by atoms with Crippen molar-refractivity contribution in [2.45, 2.75) is 19.1 Å². The van der Waals surface area contributed by atoms with Gasteiger partial charge >= 0.3 is 0 Å². The molecule has 3 rings (SSSR count). The van der Waals surface area contributed by atoms with Crippen LogP contribution in [0.25, 0.3) is 0 Å². The quantitative estimate of drug-likeness (QED) is 0.725. The van der Waals surface area contributed by atoms with E-state index in [0.717, 1.165) is 30.9 Å². The van der Waals surface area contributed by atoms with Crippen LogP contribution in [0, 0.1) is 11.7 Å². The summed E-state index contributed by atoms with van der Waals surface area (Å²) in [7, 11) is 0. The molecular formula is C18H23FN4O. The first-order chi connectivity index (χ1) is 11.7. The van der Waals surface area contributed by atoms with Gasteiger partial charge in [0.05, 0.1) is 12.2 Å². The largest absolute Gasteiger partial charge is 0.488 e. The second-order valence-corrected chi connectivity index (χ2v) is 6.09. The van der Waals surface area contributed by atoms with Gasteiger partial charge in [-0.25, -0.2) is 9.82 Å². The first-order valence-corrected chi connectivity index (χ1v) is 8.23. The van der Waals surface area contributed by atoms with Crippen LogP contribution in [0.1, 0.15) is 18.5 Å². The molecule has 1 aliphatic rings. The Balaban J connectivity index is 1.46. The number of nitrogens with zero attached hydrogens (tertiary/aromatic N) is 1. The lowest BCUT2D eigenvalue weighted by molar-refractivity contribution is 0.213. The monoisotopic (exact) mass is 330 g/mol. The summed E-state index contributed by atoms with van der Waals surface area (Å²) < 4.78 is 18.9. The summed E-state index contributed by atoms with van der Waals surface area (Å²) in [4.78, 5) is 4.04. The lowest BCUT2D eigenvalue weighted by atomic mass is 9.95. The number of benzene rings is 1. The Morgan fingerprint density at radius 3 is 2.92 bits per heavy atom. The SMILES string of the molecule is CC(CNCC1CNNC1c1ccc(F)cc1)Oc1cccnc1. The van der Waals surface area contributed by atoms with Crippen LogP contribution in [0.15, 0.2) is 48.8 Å². The molecule has 0 spiro atoms. The molecule has 0 radical (unpaired) electrons. The highest BCUT2D eigenvalue weighted by Crippen LogP contribution is 2.24. The Labute approximate surface area is 141 Å². The van der Waals surface area contributed by atoms with Gasteiger partial charge in [-0.1, -0.05) is 12.1 Å². The van der Waals surface area contributed by atoms with Crippen molar-refractivity contribution in [1.82, 2.24) is 21.2 Å². The summed E-state index contributed by atoms with van der Waals surface area (Å²) in [5, 5.41) is 3.46. The molecule has 0 amide bonds. The highest BCUT2D eigenvalue weighted by atomic mass is 19.1. The summed E-state index contributed by atoms with van der Waals surface area (Å²) in [5.74, 6) is 0.960. The fourth-order valence-corrected chi connectivity index (χ4v) is 2.91. The number of nitrogens with one attached hydrogen (secondary N) is 3. The third-order valence-corrected chi connectivity index (χ3v) is 4.13. The van der Waals surface area contributed by atoms with Gasteiger partial charge in [0.1, 0.15) is 17.7 Å². The molecule has 3 unspecified atom stereocenters. The first kappa shape index (κ1) is 16.8. The molecule has 5 nitrogen and oxygen atoms in total. The van der Waals surface area contributed by atoms with Crippen LogP contribution in [0.2, 0.25) is 0 Å². The van der Waals surface area contributed by atoms with Crippen LogP contribution < -0.4 is 20.9 Å². The van der Waals surface area contributed by atoms with E-state index in [-0.39, 0.29) is 18.0 Å². The van der Waals surface area contributed by atoms with Gasteiger partial charge in [0.25, 0.3) is 0 Å². The Bertz CT molecular complexity index is 623. The molecule has 3 atom stereocenters. The van der Waals surface area contributed by atoms with Gasteiger partial charge in [-0.2, -0.15) is 0 Å². The van der Waals surface area contributed by atoms with E-state index in [1.807, 2.05) is 31.2 Å². The zero-order chi connectivity index (χ0) is 16.8. The number of rotatable bonds is 7. The van der Waals surface area contributed by atoms with Crippen LogP contribution in [0.3, 0.4) is 0 Å². The molecule has 0 bridgehead atoms. The van der Waals surface area contributed by atoms with Crippen molar-refractivity contribution >= 4 is 0 Å². The van der Waals surface area contributed by atoms with E-state index in [1.54, 1.807) is 12.4 Å². The second-order valence-electron chi connectivity index (χ2n) is 6.09. The van der Waals surface area contributed by atoms with E-state index in [4.69, 9.17) is 4.74 Å². The number of hydrogen-bond donors (Lipinski definition) is 3. The summed E-state index contributed by atoms with van der Waals surface area (Å²) in [5.41, 5.74) is 7.55. The van der Waals surface area contributed by atoms with Gasteiger partial charge in [0.2, 0.25) is 0 Å². The van der Waals surface area contributed by atoms with Crippen molar-refractivity contribution in [3.05, 3.63) is 60.2 Å². The molecule has 3 N–H and O–H groups in total.